The topological polar surface area (TPSA) is 116 Å². The molecule has 0 bridgehead atoms. The number of likely N-dealkylation sites (N-methyl/N-ethyl adjacent to an activating group) is 1. The number of benzene rings is 2. The molecule has 28 heavy (non-hydrogen) atoms. The van der Waals surface area contributed by atoms with E-state index in [-0.39, 0.29) is 5.56 Å². The Hall–Kier alpha value is -3.70. The van der Waals surface area contributed by atoms with E-state index in [9.17, 15) is 38.2 Å². The van der Waals surface area contributed by atoms with E-state index < -0.39 is 50.4 Å². The minimum Gasteiger partial charge on any atom is -0.422 e. The van der Waals surface area contributed by atoms with E-state index in [4.69, 9.17) is 0 Å². The van der Waals surface area contributed by atoms with Gasteiger partial charge in [0.05, 0.1) is 21.5 Å². The van der Waals surface area contributed by atoms with Gasteiger partial charge in [-0.3, -0.25) is 25.0 Å². The Labute approximate surface area is 155 Å². The Kier molecular flexibility index (Phi) is 5.52. The van der Waals surface area contributed by atoms with Crippen LogP contribution in [-0.2, 0) is 4.79 Å². The third kappa shape index (κ3) is 4.00. The van der Waals surface area contributed by atoms with Crippen LogP contribution in [0.4, 0.5) is 24.5 Å². The first kappa shape index (κ1) is 20.6. The van der Waals surface area contributed by atoms with E-state index in [0.717, 1.165) is 44.4 Å². The molecule has 0 fully saturated rings. The molecule has 0 radical (unpaired) electrons. The maximum atomic E-state index is 14.7. The molecule has 2 aromatic rings. The van der Waals surface area contributed by atoms with Crippen LogP contribution in [0.3, 0.4) is 0 Å². The number of hydrogen-bond acceptors (Lipinski definition) is 6. The molecule has 0 saturated heterocycles. The highest BCUT2D eigenvalue weighted by Crippen LogP contribution is 2.38. The average Bonchev–Trinajstić information content (AvgIpc) is 2.62. The lowest BCUT2D eigenvalue weighted by molar-refractivity contribution is -0.393. The molecule has 9 nitrogen and oxygen atoms in total. The van der Waals surface area contributed by atoms with E-state index in [1.54, 1.807) is 0 Å². The molecular formula is C16H12F3N3O6. The van der Waals surface area contributed by atoms with Gasteiger partial charge < -0.3 is 9.64 Å². The molecule has 0 aliphatic rings. The Morgan fingerprint density at radius 3 is 2.25 bits per heavy atom. The molecule has 0 heterocycles. The van der Waals surface area contributed by atoms with Crippen molar-refractivity contribution in [1.29, 1.82) is 0 Å². The van der Waals surface area contributed by atoms with Gasteiger partial charge in [-0.2, -0.15) is 8.78 Å². The van der Waals surface area contributed by atoms with E-state index in [1.807, 2.05) is 0 Å². The Morgan fingerprint density at radius 2 is 1.71 bits per heavy atom. The number of amides is 1. The maximum Gasteiger partial charge on any atom is 0.482 e. The van der Waals surface area contributed by atoms with Gasteiger partial charge in [-0.05, 0) is 12.1 Å². The number of non-ortho nitro benzene ring substituents is 1. The number of halogens is 3. The van der Waals surface area contributed by atoms with Gasteiger partial charge in [0.1, 0.15) is 0 Å². The van der Waals surface area contributed by atoms with Crippen molar-refractivity contribution in [2.45, 2.75) is 6.11 Å². The molecule has 12 heteroatoms. The molecule has 0 aliphatic heterocycles. The lowest BCUT2D eigenvalue weighted by Crippen LogP contribution is -2.43. The number of rotatable bonds is 6. The first-order valence-electron chi connectivity index (χ1n) is 7.46. The first-order valence-corrected chi connectivity index (χ1v) is 7.46. The highest BCUT2D eigenvalue weighted by atomic mass is 19.3. The second kappa shape index (κ2) is 7.50. The summed E-state index contributed by atoms with van der Waals surface area (Å²) in [4.78, 5) is 32.2. The fourth-order valence-electron chi connectivity index (χ4n) is 2.25. The van der Waals surface area contributed by atoms with Crippen LogP contribution in [0.25, 0.3) is 11.1 Å². The van der Waals surface area contributed by atoms with Gasteiger partial charge in [0.25, 0.3) is 11.4 Å². The summed E-state index contributed by atoms with van der Waals surface area (Å²) in [7, 11) is 2.10. The summed E-state index contributed by atoms with van der Waals surface area (Å²) in [6.45, 7) is 0. The zero-order valence-electron chi connectivity index (χ0n) is 14.4. The van der Waals surface area contributed by atoms with Crippen molar-refractivity contribution in [1.82, 2.24) is 4.90 Å². The predicted molar refractivity (Wildman–Crippen MR) is 89.4 cm³/mol. The van der Waals surface area contributed by atoms with E-state index >= 15 is 0 Å². The molecule has 0 unspecified atom stereocenters. The van der Waals surface area contributed by atoms with Crippen LogP contribution in [-0.4, -0.2) is 40.9 Å². The van der Waals surface area contributed by atoms with Crippen molar-refractivity contribution in [3.63, 3.8) is 0 Å². The standard InChI is InChI=1S/C16H12F3N3O6/c1-20(2)15(23)16(18,19)28-13-5-3-4-11(14(13)17)10-7-6-9(21(24)25)8-12(10)22(26)27/h3-8H,1-2H3. The highest BCUT2D eigenvalue weighted by molar-refractivity contribution is 5.82. The third-order valence-electron chi connectivity index (χ3n) is 3.54. The Balaban J connectivity index is 2.56. The van der Waals surface area contributed by atoms with Gasteiger partial charge in [-0.25, -0.2) is 4.39 Å². The van der Waals surface area contributed by atoms with Gasteiger partial charge in [0.2, 0.25) is 0 Å². The van der Waals surface area contributed by atoms with Crippen LogP contribution in [0.5, 0.6) is 5.75 Å². The summed E-state index contributed by atoms with van der Waals surface area (Å²) in [6, 6.07) is 5.37. The molecule has 2 rings (SSSR count). The molecule has 0 aromatic heterocycles. The fourth-order valence-corrected chi connectivity index (χ4v) is 2.25. The highest BCUT2D eigenvalue weighted by Gasteiger charge is 2.44. The number of carbonyl (C=O) groups excluding carboxylic acids is 1. The monoisotopic (exact) mass is 399 g/mol. The maximum absolute atomic E-state index is 14.7. The zero-order chi connectivity index (χ0) is 21.2. The van der Waals surface area contributed by atoms with Crippen LogP contribution < -0.4 is 4.74 Å². The van der Waals surface area contributed by atoms with Gasteiger partial charge in [-0.15, -0.1) is 0 Å². The summed E-state index contributed by atoms with van der Waals surface area (Å²) in [6.07, 6.45) is -4.38. The van der Waals surface area contributed by atoms with Crippen molar-refractivity contribution in [2.24, 2.45) is 0 Å². The second-order valence-electron chi connectivity index (χ2n) is 5.65. The van der Waals surface area contributed by atoms with Crippen molar-refractivity contribution in [3.8, 4) is 16.9 Å². The zero-order valence-corrected chi connectivity index (χ0v) is 14.4. The predicted octanol–water partition coefficient (Wildman–Crippen LogP) is 3.37. The van der Waals surface area contributed by atoms with Crippen molar-refractivity contribution < 1.29 is 32.5 Å². The van der Waals surface area contributed by atoms with Crippen molar-refractivity contribution in [3.05, 3.63) is 62.4 Å². The number of nitro groups is 2. The summed E-state index contributed by atoms with van der Waals surface area (Å²) < 4.78 is 46.6. The smallest absolute Gasteiger partial charge is 0.422 e. The normalized spacial score (nSPS) is 11.0. The van der Waals surface area contributed by atoms with Crippen LogP contribution in [0.1, 0.15) is 0 Å². The second-order valence-corrected chi connectivity index (χ2v) is 5.65. The van der Waals surface area contributed by atoms with Crippen LogP contribution in [0.2, 0.25) is 0 Å². The molecule has 2 aromatic carbocycles. The summed E-state index contributed by atoms with van der Waals surface area (Å²) >= 11 is 0. The molecule has 0 saturated carbocycles. The summed E-state index contributed by atoms with van der Waals surface area (Å²) in [5.74, 6) is -4.16. The third-order valence-corrected chi connectivity index (χ3v) is 3.54. The molecular weight excluding hydrogens is 387 g/mol. The van der Waals surface area contributed by atoms with Gasteiger partial charge >= 0.3 is 12.0 Å². The number of nitrogens with zero attached hydrogens (tertiary/aromatic N) is 3. The molecule has 0 N–H and O–H groups in total. The fraction of sp³-hybridized carbons (Fsp3) is 0.188. The summed E-state index contributed by atoms with van der Waals surface area (Å²) in [5.41, 5.74) is -2.30. The summed E-state index contributed by atoms with van der Waals surface area (Å²) in [5, 5.41) is 22.0. The Bertz CT molecular complexity index is 965. The number of ether oxygens (including phenoxy) is 1. The number of alkyl halides is 2. The molecule has 148 valence electrons. The molecule has 0 atom stereocenters. The van der Waals surface area contributed by atoms with Crippen LogP contribution >= 0.6 is 0 Å². The molecule has 1 amide bonds. The van der Waals surface area contributed by atoms with E-state index in [2.05, 4.69) is 4.74 Å². The van der Waals surface area contributed by atoms with Crippen molar-refractivity contribution in [2.75, 3.05) is 14.1 Å². The molecule has 0 spiro atoms. The molecule has 0 aliphatic carbocycles. The minimum absolute atomic E-state index is 0.388. The van der Waals surface area contributed by atoms with Crippen molar-refractivity contribution >= 4 is 17.3 Å². The number of hydrogen-bond donors (Lipinski definition) is 0. The van der Waals surface area contributed by atoms with Gasteiger partial charge in [-0.1, -0.05) is 12.1 Å². The average molecular weight is 399 g/mol. The van der Waals surface area contributed by atoms with E-state index in [1.165, 1.54) is 0 Å². The number of carbonyl (C=O) groups is 1. The SMILES string of the molecule is CN(C)C(=O)C(F)(F)Oc1cccc(-c2ccc([N+](=O)[O-])cc2[N+](=O)[O-])c1F. The van der Waals surface area contributed by atoms with E-state index in [0.29, 0.717) is 11.0 Å². The quantitative estimate of drug-likeness (QED) is 0.543. The van der Waals surface area contributed by atoms with Gasteiger partial charge in [0.15, 0.2) is 11.6 Å². The largest absolute Gasteiger partial charge is 0.482 e. The lowest BCUT2D eigenvalue weighted by atomic mass is 10.0. The van der Waals surface area contributed by atoms with Crippen LogP contribution in [0.15, 0.2) is 36.4 Å². The lowest BCUT2D eigenvalue weighted by Gasteiger charge is -2.21. The first-order chi connectivity index (χ1) is 13.0. The number of nitro benzene ring substituents is 2. The Morgan fingerprint density at radius 1 is 1.07 bits per heavy atom. The minimum atomic E-state index is -4.38. The van der Waals surface area contributed by atoms with Crippen LogP contribution in [0, 0.1) is 26.0 Å². The van der Waals surface area contributed by atoms with Gasteiger partial charge in [0, 0.05) is 25.7 Å².